The first-order chi connectivity index (χ1) is 12.9. The molecule has 2 unspecified atom stereocenters. The summed E-state index contributed by atoms with van der Waals surface area (Å²) < 4.78 is 33.7. The predicted molar refractivity (Wildman–Crippen MR) is 101 cm³/mol. The second-order valence-corrected chi connectivity index (χ2v) is 7.41. The van der Waals surface area contributed by atoms with Crippen LogP contribution in [0.1, 0.15) is 24.5 Å². The standard InChI is InChI=1S/C19H19F2N3O2S/c1-11(25)24-19(27-18(23)13-10-12(20)6-7-15(13)21)14-4-2-3-5-16(14)26-17(19)8-9-22/h2-7,10,17,23H,8-9,22H2,1H3,(H,24,25). The van der Waals surface area contributed by atoms with Gasteiger partial charge in [-0.2, -0.15) is 0 Å². The molecule has 1 aliphatic rings. The third kappa shape index (κ3) is 3.68. The number of nitrogens with one attached hydrogen (secondary N) is 2. The molecule has 0 radical (unpaired) electrons. The van der Waals surface area contributed by atoms with Gasteiger partial charge >= 0.3 is 0 Å². The normalized spacial score (nSPS) is 20.7. The van der Waals surface area contributed by atoms with E-state index in [1.165, 1.54) is 6.92 Å². The maximum atomic E-state index is 14.2. The second kappa shape index (κ2) is 7.66. The molecule has 27 heavy (non-hydrogen) atoms. The van der Waals surface area contributed by atoms with E-state index in [1.807, 2.05) is 0 Å². The van der Waals surface area contributed by atoms with E-state index in [2.05, 4.69) is 5.32 Å². The van der Waals surface area contributed by atoms with Gasteiger partial charge in [-0.15, -0.1) is 0 Å². The number of hydrogen-bond acceptors (Lipinski definition) is 5. The Kier molecular flexibility index (Phi) is 5.48. The van der Waals surface area contributed by atoms with Gasteiger partial charge in [0.2, 0.25) is 5.91 Å². The Labute approximate surface area is 159 Å². The van der Waals surface area contributed by atoms with Gasteiger partial charge in [-0.05, 0) is 30.8 Å². The molecule has 142 valence electrons. The molecule has 8 heteroatoms. The van der Waals surface area contributed by atoms with Crippen LogP contribution in [0.5, 0.6) is 5.75 Å². The summed E-state index contributed by atoms with van der Waals surface area (Å²) in [5.41, 5.74) is 6.19. The lowest BCUT2D eigenvalue weighted by Crippen LogP contribution is -2.51. The number of carbonyl (C=O) groups excluding carboxylic acids is 1. The minimum absolute atomic E-state index is 0.180. The first kappa shape index (κ1) is 19.3. The van der Waals surface area contributed by atoms with Crippen molar-refractivity contribution in [3.63, 3.8) is 0 Å². The number of amides is 1. The molecule has 0 saturated carbocycles. The van der Waals surface area contributed by atoms with Gasteiger partial charge < -0.3 is 15.8 Å². The van der Waals surface area contributed by atoms with Crippen LogP contribution in [0.4, 0.5) is 8.78 Å². The zero-order valence-corrected chi connectivity index (χ0v) is 15.4. The van der Waals surface area contributed by atoms with E-state index < -0.39 is 22.6 Å². The average molecular weight is 391 g/mol. The maximum Gasteiger partial charge on any atom is 0.218 e. The molecule has 2 aromatic rings. The number of thioether (sulfide) groups is 1. The highest BCUT2D eigenvalue weighted by molar-refractivity contribution is 8.15. The van der Waals surface area contributed by atoms with Gasteiger partial charge in [-0.3, -0.25) is 10.2 Å². The number of ether oxygens (including phenoxy) is 1. The van der Waals surface area contributed by atoms with Crippen LogP contribution < -0.4 is 15.8 Å². The van der Waals surface area contributed by atoms with Crippen molar-refractivity contribution in [2.24, 2.45) is 5.73 Å². The third-order valence-corrected chi connectivity index (χ3v) is 5.57. The number of halogens is 2. The fourth-order valence-corrected chi connectivity index (χ4v) is 4.50. The molecule has 0 aromatic heterocycles. The summed E-state index contributed by atoms with van der Waals surface area (Å²) in [6.07, 6.45) is -0.160. The summed E-state index contributed by atoms with van der Waals surface area (Å²) in [5, 5.41) is 11.0. The van der Waals surface area contributed by atoms with Gasteiger partial charge in [-0.1, -0.05) is 30.0 Å². The Bertz CT molecular complexity index is 893. The van der Waals surface area contributed by atoms with E-state index in [4.69, 9.17) is 15.9 Å². The summed E-state index contributed by atoms with van der Waals surface area (Å²) in [5.74, 6) is -1.14. The lowest BCUT2D eigenvalue weighted by molar-refractivity contribution is -0.120. The van der Waals surface area contributed by atoms with Crippen LogP contribution in [0.2, 0.25) is 0 Å². The first-order valence-electron chi connectivity index (χ1n) is 8.35. The Balaban J connectivity index is 2.07. The number of fused-ring (bicyclic) bond motifs is 1. The lowest BCUT2D eigenvalue weighted by Gasteiger charge is -2.34. The van der Waals surface area contributed by atoms with Gasteiger partial charge in [0.15, 0.2) is 4.87 Å². The fourth-order valence-electron chi connectivity index (χ4n) is 3.14. The van der Waals surface area contributed by atoms with E-state index in [9.17, 15) is 13.6 Å². The summed E-state index contributed by atoms with van der Waals surface area (Å²) in [6, 6.07) is 10.1. The van der Waals surface area contributed by atoms with Gasteiger partial charge in [0.05, 0.1) is 0 Å². The second-order valence-electron chi connectivity index (χ2n) is 6.15. The minimum Gasteiger partial charge on any atom is -0.486 e. The molecule has 0 aliphatic carbocycles. The SMILES string of the molecule is CC(=O)NC1(SC(=N)c2cc(F)ccc2F)c2ccccc2OC1CCN. The quantitative estimate of drug-likeness (QED) is 0.415. The molecule has 0 saturated heterocycles. The number of benzene rings is 2. The van der Waals surface area contributed by atoms with Crippen molar-refractivity contribution >= 4 is 22.7 Å². The van der Waals surface area contributed by atoms with Crippen LogP contribution in [0.3, 0.4) is 0 Å². The highest BCUT2D eigenvalue weighted by Crippen LogP contribution is 2.50. The third-order valence-electron chi connectivity index (χ3n) is 4.24. The van der Waals surface area contributed by atoms with Crippen molar-refractivity contribution in [2.45, 2.75) is 24.3 Å². The molecule has 1 heterocycles. The van der Waals surface area contributed by atoms with Crippen molar-refractivity contribution in [1.29, 1.82) is 5.41 Å². The van der Waals surface area contributed by atoms with Gasteiger partial charge in [0.25, 0.3) is 0 Å². The molecule has 0 fully saturated rings. The predicted octanol–water partition coefficient (Wildman–Crippen LogP) is 3.12. The highest BCUT2D eigenvalue weighted by Gasteiger charge is 2.51. The van der Waals surface area contributed by atoms with E-state index in [1.54, 1.807) is 24.3 Å². The van der Waals surface area contributed by atoms with Crippen molar-refractivity contribution in [2.75, 3.05) is 6.54 Å². The van der Waals surface area contributed by atoms with E-state index in [-0.39, 0.29) is 16.5 Å². The first-order valence-corrected chi connectivity index (χ1v) is 9.17. The van der Waals surface area contributed by atoms with Crippen LogP contribution in [-0.4, -0.2) is 23.6 Å². The molecule has 1 amide bonds. The van der Waals surface area contributed by atoms with Crippen molar-refractivity contribution < 1.29 is 18.3 Å². The fraction of sp³-hybridized carbons (Fsp3) is 0.263. The average Bonchev–Trinajstić information content (AvgIpc) is 2.90. The lowest BCUT2D eigenvalue weighted by atomic mass is 10.0. The number of hydrogen-bond donors (Lipinski definition) is 3. The molecular weight excluding hydrogens is 372 g/mol. The van der Waals surface area contributed by atoms with Crippen molar-refractivity contribution in [1.82, 2.24) is 5.32 Å². The van der Waals surface area contributed by atoms with Crippen molar-refractivity contribution in [3.8, 4) is 5.75 Å². The number of rotatable bonds is 5. The highest BCUT2D eigenvalue weighted by atomic mass is 32.2. The van der Waals surface area contributed by atoms with Crippen LogP contribution in [-0.2, 0) is 9.67 Å². The molecular formula is C19H19F2N3O2S. The minimum atomic E-state index is -1.17. The molecule has 1 aliphatic heterocycles. The van der Waals surface area contributed by atoms with Gasteiger partial charge in [0, 0.05) is 24.5 Å². The molecule has 2 atom stereocenters. The van der Waals surface area contributed by atoms with E-state index in [0.29, 0.717) is 24.3 Å². The summed E-state index contributed by atoms with van der Waals surface area (Å²) in [7, 11) is 0. The number of nitrogens with two attached hydrogens (primary N) is 1. The molecule has 0 bridgehead atoms. The Morgan fingerprint density at radius 1 is 1.33 bits per heavy atom. The van der Waals surface area contributed by atoms with Crippen LogP contribution >= 0.6 is 11.8 Å². The molecule has 0 spiro atoms. The van der Waals surface area contributed by atoms with Crippen LogP contribution in [0, 0.1) is 17.0 Å². The van der Waals surface area contributed by atoms with E-state index >= 15 is 0 Å². The molecule has 4 N–H and O–H groups in total. The smallest absolute Gasteiger partial charge is 0.218 e. The van der Waals surface area contributed by atoms with Crippen LogP contribution in [0.15, 0.2) is 42.5 Å². The maximum absolute atomic E-state index is 14.2. The summed E-state index contributed by atoms with van der Waals surface area (Å²) >= 11 is 0.914. The van der Waals surface area contributed by atoms with Crippen molar-refractivity contribution in [3.05, 3.63) is 65.2 Å². The number of carbonyl (C=O) groups is 1. The molecule has 5 nitrogen and oxygen atoms in total. The zero-order chi connectivity index (χ0) is 19.6. The Hall–Kier alpha value is -2.45. The molecule has 3 rings (SSSR count). The summed E-state index contributed by atoms with van der Waals surface area (Å²) in [6.45, 7) is 1.65. The van der Waals surface area contributed by atoms with Gasteiger partial charge in [0.1, 0.15) is 28.5 Å². The van der Waals surface area contributed by atoms with Crippen LogP contribution in [0.25, 0.3) is 0 Å². The molecule has 2 aromatic carbocycles. The number of para-hydroxylation sites is 1. The topological polar surface area (TPSA) is 88.2 Å². The summed E-state index contributed by atoms with van der Waals surface area (Å²) in [4.78, 5) is 10.8. The monoisotopic (exact) mass is 391 g/mol. The van der Waals surface area contributed by atoms with Gasteiger partial charge in [-0.25, -0.2) is 8.78 Å². The largest absolute Gasteiger partial charge is 0.486 e. The Morgan fingerprint density at radius 2 is 2.07 bits per heavy atom. The zero-order valence-electron chi connectivity index (χ0n) is 14.6. The Morgan fingerprint density at radius 3 is 2.78 bits per heavy atom. The van der Waals surface area contributed by atoms with E-state index in [0.717, 1.165) is 30.0 Å².